The highest BCUT2D eigenvalue weighted by Gasteiger charge is 2.17. The number of amides is 2. The smallest absolute Gasteiger partial charge is 0.426 e. The van der Waals surface area contributed by atoms with Crippen molar-refractivity contribution in [3.63, 3.8) is 0 Å². The number of rotatable bonds is 8. The van der Waals surface area contributed by atoms with E-state index in [4.69, 9.17) is 4.74 Å². The van der Waals surface area contributed by atoms with Gasteiger partial charge in [0.25, 0.3) is 0 Å². The molecule has 0 atom stereocenters. The van der Waals surface area contributed by atoms with E-state index in [0.717, 1.165) is 58.5 Å². The molecule has 1 aliphatic rings. The van der Waals surface area contributed by atoms with Crippen LogP contribution in [0.5, 0.6) is 0 Å². The Labute approximate surface area is 174 Å². The van der Waals surface area contributed by atoms with Gasteiger partial charge in [0.2, 0.25) is 5.91 Å². The number of carbonyl (C=O) groups excluding carboxylic acids is 2. The first-order valence-corrected chi connectivity index (χ1v) is 10.6. The molecule has 0 spiro atoms. The summed E-state index contributed by atoms with van der Waals surface area (Å²) in [7, 11) is 0. The van der Waals surface area contributed by atoms with Crippen LogP contribution in [0.15, 0.2) is 30.3 Å². The molecule has 1 aromatic carbocycles. The molecule has 0 bridgehead atoms. The minimum atomic E-state index is -0.641. The van der Waals surface area contributed by atoms with E-state index in [1.54, 1.807) is 20.8 Å². The molecular formula is C22H36N4O3. The van der Waals surface area contributed by atoms with Gasteiger partial charge in [-0.15, -0.1) is 0 Å². The fraction of sp³-hybridized carbons (Fsp3) is 0.636. The number of nitrogens with zero attached hydrogens (tertiary/aromatic N) is 2. The van der Waals surface area contributed by atoms with E-state index < -0.39 is 11.7 Å². The number of hydrogen-bond acceptors (Lipinski definition) is 5. The zero-order valence-corrected chi connectivity index (χ0v) is 18.1. The van der Waals surface area contributed by atoms with Crippen molar-refractivity contribution >= 4 is 12.0 Å². The number of nitrogens with one attached hydrogen (secondary N) is 2. The normalized spacial score (nSPS) is 15.7. The van der Waals surface area contributed by atoms with Gasteiger partial charge in [-0.1, -0.05) is 36.8 Å². The van der Waals surface area contributed by atoms with E-state index in [2.05, 4.69) is 51.0 Å². The molecule has 1 heterocycles. The van der Waals surface area contributed by atoms with Crippen LogP contribution in [0.25, 0.3) is 0 Å². The monoisotopic (exact) mass is 404 g/mol. The van der Waals surface area contributed by atoms with Gasteiger partial charge in [-0.2, -0.15) is 0 Å². The molecule has 2 rings (SSSR count). The van der Waals surface area contributed by atoms with Crippen LogP contribution >= 0.6 is 0 Å². The molecule has 0 saturated carbocycles. The van der Waals surface area contributed by atoms with Gasteiger partial charge >= 0.3 is 6.09 Å². The maximum atomic E-state index is 11.8. The second kappa shape index (κ2) is 11.8. The van der Waals surface area contributed by atoms with Crippen LogP contribution in [0.1, 0.15) is 52.0 Å². The Hall–Kier alpha value is -2.12. The third-order valence-electron chi connectivity index (χ3n) is 4.79. The van der Waals surface area contributed by atoms with Crippen molar-refractivity contribution in [2.45, 2.75) is 58.6 Å². The van der Waals surface area contributed by atoms with E-state index in [0.29, 0.717) is 6.42 Å². The molecule has 1 aromatic rings. The molecule has 0 aliphatic carbocycles. The number of unbranched alkanes of at least 4 members (excludes halogenated alkanes) is 2. The number of hydrogen-bond donors (Lipinski definition) is 2. The largest absolute Gasteiger partial charge is 0.443 e. The van der Waals surface area contributed by atoms with E-state index >= 15 is 0 Å². The zero-order chi connectivity index (χ0) is 21.1. The lowest BCUT2D eigenvalue weighted by molar-refractivity contribution is -0.122. The summed E-state index contributed by atoms with van der Waals surface area (Å²) in [5, 5.41) is 0. The lowest BCUT2D eigenvalue weighted by Gasteiger charge is -2.34. The van der Waals surface area contributed by atoms with Gasteiger partial charge in [-0.3, -0.25) is 15.1 Å². The molecule has 7 nitrogen and oxygen atoms in total. The average molecular weight is 405 g/mol. The molecule has 7 heteroatoms. The summed E-state index contributed by atoms with van der Waals surface area (Å²) in [4.78, 5) is 28.3. The molecular weight excluding hydrogens is 368 g/mol. The lowest BCUT2D eigenvalue weighted by Crippen LogP contribution is -2.46. The SMILES string of the molecule is CC(C)(C)OC(=O)NNC(=O)CCCCCN1CCN(Cc2ccccc2)CC1. The summed E-state index contributed by atoms with van der Waals surface area (Å²) in [6, 6.07) is 10.6. The minimum absolute atomic E-state index is 0.189. The van der Waals surface area contributed by atoms with Crippen LogP contribution in [0.2, 0.25) is 0 Å². The summed E-state index contributed by atoms with van der Waals surface area (Å²) in [5.74, 6) is -0.189. The molecule has 0 radical (unpaired) electrons. The van der Waals surface area contributed by atoms with Crippen LogP contribution in [-0.4, -0.2) is 60.1 Å². The van der Waals surface area contributed by atoms with E-state index in [-0.39, 0.29) is 5.91 Å². The second-order valence-electron chi connectivity index (χ2n) is 8.59. The second-order valence-corrected chi connectivity index (χ2v) is 8.59. The van der Waals surface area contributed by atoms with Gasteiger partial charge in [-0.05, 0) is 45.7 Å². The van der Waals surface area contributed by atoms with Crippen LogP contribution in [0.3, 0.4) is 0 Å². The molecule has 1 saturated heterocycles. The first-order chi connectivity index (χ1) is 13.8. The third kappa shape index (κ3) is 10.3. The lowest BCUT2D eigenvalue weighted by atomic mass is 10.1. The number of hydrazine groups is 1. The Morgan fingerprint density at radius 1 is 0.931 bits per heavy atom. The Balaban J connectivity index is 1.48. The first-order valence-electron chi connectivity index (χ1n) is 10.6. The highest BCUT2D eigenvalue weighted by molar-refractivity contribution is 5.79. The maximum absolute atomic E-state index is 11.8. The standard InChI is InChI=1S/C22H36N4O3/c1-22(2,3)29-21(28)24-23-20(27)12-8-5-9-13-25-14-16-26(17-15-25)18-19-10-6-4-7-11-19/h4,6-7,10-11H,5,8-9,12-18H2,1-3H3,(H,23,27)(H,24,28). The van der Waals surface area contributed by atoms with Crippen molar-refractivity contribution in [3.05, 3.63) is 35.9 Å². The molecule has 1 aliphatic heterocycles. The van der Waals surface area contributed by atoms with Gasteiger partial charge in [0.05, 0.1) is 0 Å². The van der Waals surface area contributed by atoms with Crippen LogP contribution in [0, 0.1) is 0 Å². The van der Waals surface area contributed by atoms with Crippen LogP contribution < -0.4 is 10.9 Å². The third-order valence-corrected chi connectivity index (χ3v) is 4.79. The van der Waals surface area contributed by atoms with Crippen LogP contribution in [0.4, 0.5) is 4.79 Å². The Kier molecular flexibility index (Phi) is 9.41. The predicted octanol–water partition coefficient (Wildman–Crippen LogP) is 2.92. The van der Waals surface area contributed by atoms with Crippen molar-refractivity contribution < 1.29 is 14.3 Å². The molecule has 2 N–H and O–H groups in total. The molecule has 0 aromatic heterocycles. The molecule has 1 fully saturated rings. The topological polar surface area (TPSA) is 73.9 Å². The zero-order valence-electron chi connectivity index (χ0n) is 18.1. The quantitative estimate of drug-likeness (QED) is 0.515. The fourth-order valence-corrected chi connectivity index (χ4v) is 3.30. The molecule has 29 heavy (non-hydrogen) atoms. The summed E-state index contributed by atoms with van der Waals surface area (Å²) >= 11 is 0. The summed E-state index contributed by atoms with van der Waals surface area (Å²) < 4.78 is 5.07. The Bertz CT molecular complexity index is 623. The highest BCUT2D eigenvalue weighted by Crippen LogP contribution is 2.10. The number of carbonyl (C=O) groups is 2. The molecule has 0 unspecified atom stereocenters. The van der Waals surface area contributed by atoms with E-state index in [9.17, 15) is 9.59 Å². The molecule has 162 valence electrons. The van der Waals surface area contributed by atoms with Gasteiger partial charge < -0.3 is 9.64 Å². The van der Waals surface area contributed by atoms with Crippen molar-refractivity contribution in [2.75, 3.05) is 32.7 Å². The highest BCUT2D eigenvalue weighted by atomic mass is 16.6. The van der Waals surface area contributed by atoms with Crippen molar-refractivity contribution in [1.82, 2.24) is 20.7 Å². The average Bonchev–Trinajstić information content (AvgIpc) is 2.67. The number of benzene rings is 1. The van der Waals surface area contributed by atoms with Crippen molar-refractivity contribution in [1.29, 1.82) is 0 Å². The number of piperazine rings is 1. The summed E-state index contributed by atoms with van der Waals surface area (Å²) in [6.07, 6.45) is 2.67. The Morgan fingerprint density at radius 2 is 1.59 bits per heavy atom. The van der Waals surface area contributed by atoms with Gasteiger partial charge in [0.1, 0.15) is 5.60 Å². The van der Waals surface area contributed by atoms with E-state index in [1.165, 1.54) is 5.56 Å². The molecule has 2 amide bonds. The van der Waals surface area contributed by atoms with Crippen LogP contribution in [-0.2, 0) is 16.1 Å². The first kappa shape index (κ1) is 23.2. The summed E-state index contributed by atoms with van der Waals surface area (Å²) in [5.41, 5.74) is 5.46. The summed E-state index contributed by atoms with van der Waals surface area (Å²) in [6.45, 7) is 11.9. The van der Waals surface area contributed by atoms with Gasteiger partial charge in [0.15, 0.2) is 0 Å². The Morgan fingerprint density at radius 3 is 2.24 bits per heavy atom. The maximum Gasteiger partial charge on any atom is 0.426 e. The van der Waals surface area contributed by atoms with Gasteiger partial charge in [-0.25, -0.2) is 10.2 Å². The van der Waals surface area contributed by atoms with Crippen molar-refractivity contribution in [3.8, 4) is 0 Å². The van der Waals surface area contributed by atoms with Crippen molar-refractivity contribution in [2.24, 2.45) is 0 Å². The van der Waals surface area contributed by atoms with Gasteiger partial charge in [0, 0.05) is 39.1 Å². The fourth-order valence-electron chi connectivity index (χ4n) is 3.30. The predicted molar refractivity (Wildman–Crippen MR) is 114 cm³/mol. The minimum Gasteiger partial charge on any atom is -0.443 e. The number of ether oxygens (including phenoxy) is 1. The van der Waals surface area contributed by atoms with E-state index in [1.807, 2.05) is 0 Å².